The van der Waals surface area contributed by atoms with E-state index in [4.69, 9.17) is 16.2 Å². The van der Waals surface area contributed by atoms with Gasteiger partial charge in [0.1, 0.15) is 5.52 Å². The molecule has 0 radical (unpaired) electrons. The molecule has 1 aliphatic carbocycles. The lowest BCUT2D eigenvalue weighted by Crippen LogP contribution is -2.41. The largest absolute Gasteiger partial charge is 0.497 e. The molecule has 0 atom stereocenters. The second-order valence-electron chi connectivity index (χ2n) is 8.16. The number of aromatic nitrogens is 3. The van der Waals surface area contributed by atoms with E-state index in [1.165, 1.54) is 6.20 Å². The summed E-state index contributed by atoms with van der Waals surface area (Å²) in [6.45, 7) is 1.92. The zero-order chi connectivity index (χ0) is 24.4. The molecule has 2 aromatic rings. The van der Waals surface area contributed by atoms with Crippen LogP contribution in [0.25, 0.3) is 10.9 Å². The highest BCUT2D eigenvalue weighted by atomic mass is 16.7. The molecule has 1 saturated heterocycles. The molecule has 9 heteroatoms. The zero-order valence-corrected chi connectivity index (χ0v) is 16.3. The van der Waals surface area contributed by atoms with Gasteiger partial charge in [-0.15, -0.1) is 10.2 Å². The van der Waals surface area contributed by atoms with Crippen LogP contribution in [0, 0.1) is 5.92 Å². The first-order valence-corrected chi connectivity index (χ1v) is 9.22. The third kappa shape index (κ3) is 3.33. The summed E-state index contributed by atoms with van der Waals surface area (Å²) < 4.78 is 50.5. The number of anilines is 2. The van der Waals surface area contributed by atoms with Gasteiger partial charge in [0.2, 0.25) is 5.91 Å². The van der Waals surface area contributed by atoms with Gasteiger partial charge in [-0.25, -0.2) is 4.98 Å². The van der Waals surface area contributed by atoms with Crippen LogP contribution in [-0.4, -0.2) is 45.9 Å². The molecule has 148 valence electrons. The standard InChI is InChI=1S/C19H26BN5O3/c1-6-21-16-15-12(9-14(24-25-15)23-17(26)11-7-8-11)13(10-22-16)20-27-18(2,3)19(4,5)28-20/h9-11H,6-8H2,1-5H3,(H,21,22)(H,23,24,26)/i1D3,6D2. The minimum absolute atomic E-state index is 0.0359. The normalized spacial score (nSPS) is 24.0. The SMILES string of the molecule is [2H]C([2H])([2H])C([2H])([2H])Nc1ncc(B2OC(C)(C)C(C)(C)O2)c2cc(NC(=O)C3CC3)nnc12. The van der Waals surface area contributed by atoms with E-state index in [1.54, 1.807) is 6.07 Å². The Morgan fingerprint density at radius 3 is 2.68 bits per heavy atom. The van der Waals surface area contributed by atoms with Crippen LogP contribution in [0.5, 0.6) is 0 Å². The van der Waals surface area contributed by atoms with Crippen LogP contribution in [0.15, 0.2) is 12.3 Å². The topological polar surface area (TPSA) is 98.3 Å². The number of rotatable bonds is 5. The first kappa shape index (κ1) is 13.8. The van der Waals surface area contributed by atoms with E-state index in [0.717, 1.165) is 12.8 Å². The second kappa shape index (κ2) is 6.67. The van der Waals surface area contributed by atoms with Crippen molar-refractivity contribution in [2.24, 2.45) is 5.92 Å². The van der Waals surface area contributed by atoms with Crippen molar-refractivity contribution in [2.45, 2.75) is 58.6 Å². The lowest BCUT2D eigenvalue weighted by atomic mass is 9.78. The van der Waals surface area contributed by atoms with E-state index in [9.17, 15) is 4.79 Å². The number of fused-ring (bicyclic) bond motifs is 1. The molecular weight excluding hydrogens is 357 g/mol. The third-order valence-corrected chi connectivity index (χ3v) is 5.55. The molecule has 3 heterocycles. The van der Waals surface area contributed by atoms with Crippen LogP contribution >= 0.6 is 0 Å². The fraction of sp³-hybridized carbons (Fsp3) is 0.579. The summed E-state index contributed by atoms with van der Waals surface area (Å²) in [4.78, 5) is 16.4. The predicted octanol–water partition coefficient (Wildman–Crippen LogP) is 2.10. The van der Waals surface area contributed by atoms with E-state index in [0.29, 0.717) is 10.8 Å². The van der Waals surface area contributed by atoms with Crippen molar-refractivity contribution < 1.29 is 21.0 Å². The quantitative estimate of drug-likeness (QED) is 0.757. The van der Waals surface area contributed by atoms with Gasteiger partial charge in [-0.3, -0.25) is 4.79 Å². The van der Waals surface area contributed by atoms with Crippen molar-refractivity contribution in [3.63, 3.8) is 0 Å². The van der Waals surface area contributed by atoms with Crippen molar-refractivity contribution >= 4 is 41.0 Å². The summed E-state index contributed by atoms with van der Waals surface area (Å²) in [5, 5.41) is 13.7. The summed E-state index contributed by atoms with van der Waals surface area (Å²) in [6.07, 6.45) is 3.08. The molecule has 0 spiro atoms. The Balaban J connectivity index is 1.79. The molecule has 1 saturated carbocycles. The van der Waals surface area contributed by atoms with Gasteiger partial charge in [-0.05, 0) is 53.5 Å². The molecule has 2 aliphatic rings. The fourth-order valence-electron chi connectivity index (χ4n) is 2.99. The second-order valence-corrected chi connectivity index (χ2v) is 8.16. The molecular formula is C19H26BN5O3. The maximum Gasteiger partial charge on any atom is 0.497 e. The summed E-state index contributed by atoms with van der Waals surface area (Å²) in [5.74, 6) is -0.0645. The minimum Gasteiger partial charge on any atom is -0.399 e. The Morgan fingerprint density at radius 2 is 2.04 bits per heavy atom. The van der Waals surface area contributed by atoms with E-state index in [-0.39, 0.29) is 29.0 Å². The molecule has 1 aliphatic heterocycles. The number of carbonyl (C=O) groups is 1. The average Bonchev–Trinajstić information content (AvgIpc) is 3.48. The van der Waals surface area contributed by atoms with Crippen LogP contribution in [0.3, 0.4) is 0 Å². The Morgan fingerprint density at radius 1 is 1.32 bits per heavy atom. The number of hydrogen-bond acceptors (Lipinski definition) is 7. The molecule has 2 fully saturated rings. The van der Waals surface area contributed by atoms with Crippen LogP contribution in [-0.2, 0) is 14.1 Å². The molecule has 2 N–H and O–H groups in total. The van der Waals surface area contributed by atoms with E-state index < -0.39 is 31.7 Å². The predicted molar refractivity (Wildman–Crippen MR) is 109 cm³/mol. The average molecular weight is 388 g/mol. The number of nitrogens with zero attached hydrogens (tertiary/aromatic N) is 3. The van der Waals surface area contributed by atoms with Crippen molar-refractivity contribution in [1.29, 1.82) is 0 Å². The van der Waals surface area contributed by atoms with Gasteiger partial charge in [0.25, 0.3) is 0 Å². The number of hydrogen-bond donors (Lipinski definition) is 2. The highest BCUT2D eigenvalue weighted by Crippen LogP contribution is 2.37. The Kier molecular flexibility index (Phi) is 3.30. The molecule has 0 unspecified atom stereocenters. The van der Waals surface area contributed by atoms with Gasteiger partial charge in [-0.1, -0.05) is 0 Å². The number of carbonyl (C=O) groups excluding carboxylic acids is 1. The number of pyridine rings is 1. The summed E-state index contributed by atoms with van der Waals surface area (Å²) in [6, 6.07) is 1.58. The summed E-state index contributed by atoms with van der Waals surface area (Å²) in [5.41, 5.74) is -0.619. The molecule has 0 bridgehead atoms. The molecule has 1 amide bonds. The van der Waals surface area contributed by atoms with E-state index >= 15 is 0 Å². The van der Waals surface area contributed by atoms with Gasteiger partial charge in [-0.2, -0.15) is 0 Å². The smallest absolute Gasteiger partial charge is 0.399 e. The minimum atomic E-state index is -2.95. The Labute approximate surface area is 172 Å². The lowest BCUT2D eigenvalue weighted by molar-refractivity contribution is -0.117. The van der Waals surface area contributed by atoms with Gasteiger partial charge in [0.05, 0.1) is 11.2 Å². The number of nitrogens with one attached hydrogen (secondary N) is 2. The molecule has 8 nitrogen and oxygen atoms in total. The van der Waals surface area contributed by atoms with Crippen LogP contribution in [0.2, 0.25) is 0 Å². The molecule has 2 aromatic heterocycles. The van der Waals surface area contributed by atoms with Crippen molar-refractivity contribution in [3.05, 3.63) is 12.3 Å². The van der Waals surface area contributed by atoms with E-state index in [1.807, 2.05) is 27.7 Å². The molecule has 4 rings (SSSR count). The Bertz CT molecular complexity index is 1090. The van der Waals surface area contributed by atoms with Crippen LogP contribution in [0.4, 0.5) is 11.6 Å². The lowest BCUT2D eigenvalue weighted by Gasteiger charge is -2.32. The van der Waals surface area contributed by atoms with Crippen molar-refractivity contribution in [2.75, 3.05) is 17.1 Å². The first-order chi connectivity index (χ1) is 15.1. The molecule has 0 aromatic carbocycles. The van der Waals surface area contributed by atoms with Gasteiger partial charge >= 0.3 is 7.12 Å². The fourth-order valence-corrected chi connectivity index (χ4v) is 2.99. The summed E-state index contributed by atoms with van der Waals surface area (Å²) >= 11 is 0. The maximum atomic E-state index is 12.2. The van der Waals surface area contributed by atoms with Crippen molar-refractivity contribution in [1.82, 2.24) is 15.2 Å². The third-order valence-electron chi connectivity index (χ3n) is 5.55. The highest BCUT2D eigenvalue weighted by Gasteiger charge is 2.52. The summed E-state index contributed by atoms with van der Waals surface area (Å²) in [7, 11) is -0.811. The van der Waals surface area contributed by atoms with Gasteiger partial charge in [0, 0.05) is 36.3 Å². The first-order valence-electron chi connectivity index (χ1n) is 11.7. The Hall–Kier alpha value is -2.26. The monoisotopic (exact) mass is 388 g/mol. The van der Waals surface area contributed by atoms with Crippen LogP contribution < -0.4 is 16.1 Å². The number of amides is 1. The van der Waals surface area contributed by atoms with Gasteiger partial charge < -0.3 is 19.9 Å². The highest BCUT2D eigenvalue weighted by molar-refractivity contribution is 6.65. The van der Waals surface area contributed by atoms with E-state index in [2.05, 4.69) is 25.8 Å². The molecule has 28 heavy (non-hydrogen) atoms. The van der Waals surface area contributed by atoms with Crippen LogP contribution in [0.1, 0.15) is 54.2 Å². The maximum absolute atomic E-state index is 12.2. The van der Waals surface area contributed by atoms with Crippen molar-refractivity contribution in [3.8, 4) is 0 Å². The van der Waals surface area contributed by atoms with Gasteiger partial charge in [0.15, 0.2) is 11.6 Å². The zero-order valence-electron chi connectivity index (χ0n) is 21.3.